The molecule has 2 aromatic rings. The van der Waals surface area contributed by atoms with Gasteiger partial charge in [0.05, 0.1) is 11.5 Å². The summed E-state index contributed by atoms with van der Waals surface area (Å²) in [6.45, 7) is 2.07. The molecule has 1 aliphatic rings. The van der Waals surface area contributed by atoms with Gasteiger partial charge in [0.15, 0.2) is 12.4 Å². The Hall–Kier alpha value is -3.46. The minimum Gasteiger partial charge on any atom is -0.477 e. The minimum atomic E-state index is -0.543. The molecular weight excluding hydrogens is 376 g/mol. The van der Waals surface area contributed by atoms with Crippen LogP contribution in [-0.4, -0.2) is 65.9 Å². The van der Waals surface area contributed by atoms with Crippen LogP contribution in [0, 0.1) is 10.1 Å². The average Bonchev–Trinajstić information content (AvgIpc) is 2.73. The molecule has 0 aliphatic carbocycles. The molecule has 1 fully saturated rings. The number of anilines is 1. The zero-order valence-corrected chi connectivity index (χ0v) is 15.8. The van der Waals surface area contributed by atoms with Crippen LogP contribution >= 0.6 is 0 Å². The van der Waals surface area contributed by atoms with Crippen molar-refractivity contribution in [3.05, 3.63) is 64.7 Å². The number of nitrogens with one attached hydrogen (secondary N) is 1. The van der Waals surface area contributed by atoms with Crippen LogP contribution in [-0.2, 0) is 9.59 Å². The number of ether oxygens (including phenoxy) is 1. The second kappa shape index (κ2) is 9.65. The highest BCUT2D eigenvalue weighted by Gasteiger charge is 2.23. The standard InChI is InChI=1S/C20H22N4O5/c25-19(21-16-6-2-1-3-7-16)14-22-10-12-23(13-11-22)20(26)15-29-18-9-5-4-8-17(18)24(27)28/h1-9H,10-15H2,(H,21,25). The molecule has 29 heavy (non-hydrogen) atoms. The SMILES string of the molecule is O=C(CN1CCN(C(=O)COc2ccccc2[N+](=O)[O-])CC1)Nc1ccccc1. The average molecular weight is 398 g/mol. The summed E-state index contributed by atoms with van der Waals surface area (Å²) in [5.41, 5.74) is 0.577. The van der Waals surface area contributed by atoms with Gasteiger partial charge in [-0.2, -0.15) is 0 Å². The number of carbonyl (C=O) groups is 2. The van der Waals surface area contributed by atoms with Crippen molar-refractivity contribution in [2.45, 2.75) is 0 Å². The number of carbonyl (C=O) groups excluding carboxylic acids is 2. The number of nitro benzene ring substituents is 1. The quantitative estimate of drug-likeness (QED) is 0.563. The monoisotopic (exact) mass is 398 g/mol. The number of nitro groups is 1. The van der Waals surface area contributed by atoms with Crippen molar-refractivity contribution in [2.75, 3.05) is 44.6 Å². The van der Waals surface area contributed by atoms with E-state index in [9.17, 15) is 19.7 Å². The van der Waals surface area contributed by atoms with Crippen LogP contribution < -0.4 is 10.1 Å². The van der Waals surface area contributed by atoms with Crippen LogP contribution in [0.5, 0.6) is 5.75 Å². The van der Waals surface area contributed by atoms with Crippen LogP contribution in [0.25, 0.3) is 0 Å². The lowest BCUT2D eigenvalue weighted by Gasteiger charge is -2.34. The van der Waals surface area contributed by atoms with E-state index >= 15 is 0 Å². The van der Waals surface area contributed by atoms with Crippen molar-refractivity contribution in [3.63, 3.8) is 0 Å². The number of hydrogen-bond acceptors (Lipinski definition) is 6. The fraction of sp³-hybridized carbons (Fsp3) is 0.300. The third-order valence-electron chi connectivity index (χ3n) is 4.56. The summed E-state index contributed by atoms with van der Waals surface area (Å²) >= 11 is 0. The Morgan fingerprint density at radius 1 is 1.00 bits per heavy atom. The normalized spacial score (nSPS) is 14.3. The van der Waals surface area contributed by atoms with Crippen molar-refractivity contribution in [1.82, 2.24) is 9.80 Å². The van der Waals surface area contributed by atoms with Gasteiger partial charge < -0.3 is 15.0 Å². The van der Waals surface area contributed by atoms with Crippen molar-refractivity contribution < 1.29 is 19.2 Å². The fourth-order valence-electron chi connectivity index (χ4n) is 3.04. The minimum absolute atomic E-state index is 0.0714. The van der Waals surface area contributed by atoms with Gasteiger partial charge in [-0.1, -0.05) is 30.3 Å². The Morgan fingerprint density at radius 3 is 2.34 bits per heavy atom. The van der Waals surface area contributed by atoms with Crippen LogP contribution in [0.1, 0.15) is 0 Å². The molecular formula is C20H22N4O5. The highest BCUT2D eigenvalue weighted by Crippen LogP contribution is 2.25. The summed E-state index contributed by atoms with van der Waals surface area (Å²) in [5.74, 6) is -0.269. The van der Waals surface area contributed by atoms with E-state index < -0.39 is 4.92 Å². The van der Waals surface area contributed by atoms with E-state index in [-0.39, 0.29) is 36.4 Å². The molecule has 0 atom stereocenters. The molecule has 3 rings (SSSR count). The zero-order chi connectivity index (χ0) is 20.6. The van der Waals surface area contributed by atoms with Crippen LogP contribution in [0.3, 0.4) is 0 Å². The van der Waals surface area contributed by atoms with E-state index in [0.29, 0.717) is 26.2 Å². The molecule has 1 N–H and O–H groups in total. The van der Waals surface area contributed by atoms with E-state index in [4.69, 9.17) is 4.74 Å². The van der Waals surface area contributed by atoms with Gasteiger partial charge in [0.25, 0.3) is 5.91 Å². The third kappa shape index (κ3) is 5.76. The Kier molecular flexibility index (Phi) is 6.75. The fourth-order valence-corrected chi connectivity index (χ4v) is 3.04. The van der Waals surface area contributed by atoms with Crippen molar-refractivity contribution in [2.24, 2.45) is 0 Å². The largest absolute Gasteiger partial charge is 0.477 e. The maximum Gasteiger partial charge on any atom is 0.310 e. The molecule has 1 heterocycles. The second-order valence-electron chi connectivity index (χ2n) is 6.58. The molecule has 1 aliphatic heterocycles. The number of amides is 2. The maximum atomic E-state index is 12.4. The zero-order valence-electron chi connectivity index (χ0n) is 15.8. The molecule has 2 amide bonds. The molecule has 9 nitrogen and oxygen atoms in total. The topological polar surface area (TPSA) is 105 Å². The van der Waals surface area contributed by atoms with Crippen LogP contribution in [0.15, 0.2) is 54.6 Å². The molecule has 2 aromatic carbocycles. The lowest BCUT2D eigenvalue weighted by Crippen LogP contribution is -2.51. The van der Waals surface area contributed by atoms with Gasteiger partial charge in [-0.05, 0) is 18.2 Å². The molecule has 0 saturated carbocycles. The van der Waals surface area contributed by atoms with Gasteiger partial charge in [-0.15, -0.1) is 0 Å². The number of piperazine rings is 1. The molecule has 0 bridgehead atoms. The van der Waals surface area contributed by atoms with Gasteiger partial charge >= 0.3 is 5.69 Å². The number of rotatable bonds is 7. The van der Waals surface area contributed by atoms with Gasteiger partial charge in [-0.25, -0.2) is 0 Å². The molecule has 9 heteroatoms. The Balaban J connectivity index is 1.43. The van der Waals surface area contributed by atoms with Crippen molar-refractivity contribution in [3.8, 4) is 5.75 Å². The first-order valence-electron chi connectivity index (χ1n) is 9.24. The Morgan fingerprint density at radius 2 is 1.66 bits per heavy atom. The van der Waals surface area contributed by atoms with E-state index in [1.807, 2.05) is 35.2 Å². The summed E-state index contributed by atoms with van der Waals surface area (Å²) in [6.07, 6.45) is 0. The summed E-state index contributed by atoms with van der Waals surface area (Å²) < 4.78 is 5.36. The predicted molar refractivity (Wildman–Crippen MR) is 107 cm³/mol. The summed E-state index contributed by atoms with van der Waals surface area (Å²) in [7, 11) is 0. The smallest absolute Gasteiger partial charge is 0.310 e. The lowest BCUT2D eigenvalue weighted by molar-refractivity contribution is -0.385. The van der Waals surface area contributed by atoms with Gasteiger partial charge in [0, 0.05) is 37.9 Å². The molecule has 0 unspecified atom stereocenters. The van der Waals surface area contributed by atoms with Crippen LogP contribution in [0.2, 0.25) is 0 Å². The first-order valence-corrected chi connectivity index (χ1v) is 9.24. The van der Waals surface area contributed by atoms with E-state index in [0.717, 1.165) is 5.69 Å². The summed E-state index contributed by atoms with van der Waals surface area (Å²) in [4.78, 5) is 38.6. The summed E-state index contributed by atoms with van der Waals surface area (Å²) in [6, 6.07) is 15.2. The third-order valence-corrected chi connectivity index (χ3v) is 4.56. The van der Waals surface area contributed by atoms with Gasteiger partial charge in [0.1, 0.15) is 0 Å². The number of hydrogen-bond donors (Lipinski definition) is 1. The Labute approximate surface area is 168 Å². The summed E-state index contributed by atoms with van der Waals surface area (Å²) in [5, 5.41) is 13.8. The molecule has 0 spiro atoms. The van der Waals surface area contributed by atoms with E-state index in [1.54, 1.807) is 17.0 Å². The second-order valence-corrected chi connectivity index (χ2v) is 6.58. The molecule has 0 aromatic heterocycles. The van der Waals surface area contributed by atoms with Gasteiger partial charge in [-0.3, -0.25) is 24.6 Å². The molecule has 0 radical (unpaired) electrons. The molecule has 1 saturated heterocycles. The lowest BCUT2D eigenvalue weighted by atomic mass is 10.3. The first-order chi connectivity index (χ1) is 14.0. The van der Waals surface area contributed by atoms with Crippen LogP contribution in [0.4, 0.5) is 11.4 Å². The highest BCUT2D eigenvalue weighted by atomic mass is 16.6. The number of benzene rings is 2. The maximum absolute atomic E-state index is 12.4. The predicted octanol–water partition coefficient (Wildman–Crippen LogP) is 1.76. The highest BCUT2D eigenvalue weighted by molar-refractivity contribution is 5.92. The first kappa shape index (κ1) is 20.3. The van der Waals surface area contributed by atoms with Crippen molar-refractivity contribution in [1.29, 1.82) is 0 Å². The van der Waals surface area contributed by atoms with E-state index in [1.165, 1.54) is 12.1 Å². The Bertz CT molecular complexity index is 866. The molecule has 152 valence electrons. The number of para-hydroxylation sites is 3. The van der Waals surface area contributed by atoms with Crippen molar-refractivity contribution >= 4 is 23.2 Å². The number of nitrogens with zero attached hydrogens (tertiary/aromatic N) is 3. The van der Waals surface area contributed by atoms with E-state index in [2.05, 4.69) is 5.32 Å². The van der Waals surface area contributed by atoms with Gasteiger partial charge in [0.2, 0.25) is 5.91 Å².